The van der Waals surface area contributed by atoms with Gasteiger partial charge in [0, 0.05) is 12.8 Å². The second-order valence-electron chi connectivity index (χ2n) is 13.0. The Kier molecular flexibility index (Phi) is 18.0. The van der Waals surface area contributed by atoms with E-state index in [2.05, 4.69) is 13.8 Å². The summed E-state index contributed by atoms with van der Waals surface area (Å²) in [5.74, 6) is -1.25. The predicted octanol–water partition coefficient (Wildman–Crippen LogP) is 8.44. The zero-order valence-electron chi connectivity index (χ0n) is 32.3. The van der Waals surface area contributed by atoms with Crippen LogP contribution >= 0.6 is 0 Å². The molecule has 0 N–H and O–H groups in total. The van der Waals surface area contributed by atoms with Crippen LogP contribution < -0.4 is 39.3 Å². The van der Waals surface area contributed by atoms with E-state index in [1.165, 1.54) is 36.4 Å². The standard InChI is InChI=1S/C45H48O12/c1-3-5-30-52-34-18-14-32(15-19-34)44(50)54-36-22-26-38(46)40(28-24-36)56-42(48)12-10-8-7-9-11-13-43(49)57-41-29-25-37(23-27-39(41)47)55-45(51)33-16-20-35(21-17-33)53-31-6-4-2/h14-29H,3-13,30-31H2,1-2H3. The Bertz CT molecular complexity index is 1910. The molecule has 0 spiro atoms. The van der Waals surface area contributed by atoms with Gasteiger partial charge in [0.05, 0.1) is 24.3 Å². The molecular formula is C45H48O12. The van der Waals surface area contributed by atoms with Gasteiger partial charge in [-0.3, -0.25) is 19.2 Å². The molecule has 0 atom stereocenters. The lowest BCUT2D eigenvalue weighted by Gasteiger charge is -2.06. The number of benzene rings is 2. The number of hydrogen-bond donors (Lipinski definition) is 0. The van der Waals surface area contributed by atoms with Crippen LogP contribution in [0, 0.1) is 0 Å². The van der Waals surface area contributed by atoms with Gasteiger partial charge in [-0.1, -0.05) is 46.0 Å². The van der Waals surface area contributed by atoms with Crippen LogP contribution in [0.3, 0.4) is 0 Å². The minimum absolute atomic E-state index is 0.0784. The maximum atomic E-state index is 12.6. The van der Waals surface area contributed by atoms with Crippen molar-refractivity contribution in [2.45, 2.75) is 84.5 Å². The summed E-state index contributed by atoms with van der Waals surface area (Å²) in [5, 5.41) is 0. The number of carbonyl (C=O) groups is 4. The summed E-state index contributed by atoms with van der Waals surface area (Å²) < 4.78 is 32.6. The van der Waals surface area contributed by atoms with Crippen molar-refractivity contribution in [2.24, 2.45) is 0 Å². The Hall–Kier alpha value is -6.30. The van der Waals surface area contributed by atoms with Gasteiger partial charge in [0.2, 0.25) is 10.9 Å². The first-order valence-electron chi connectivity index (χ1n) is 19.3. The topological polar surface area (TPSA) is 158 Å². The van der Waals surface area contributed by atoms with Crippen molar-refractivity contribution in [1.29, 1.82) is 0 Å². The van der Waals surface area contributed by atoms with E-state index in [9.17, 15) is 28.8 Å². The van der Waals surface area contributed by atoms with Crippen molar-refractivity contribution in [2.75, 3.05) is 13.2 Å². The van der Waals surface area contributed by atoms with Crippen LogP contribution in [0.1, 0.15) is 105 Å². The molecule has 0 bridgehead atoms. The van der Waals surface area contributed by atoms with Crippen molar-refractivity contribution in [1.82, 2.24) is 0 Å². The minimum Gasteiger partial charge on any atom is -0.494 e. The van der Waals surface area contributed by atoms with Gasteiger partial charge in [-0.2, -0.15) is 0 Å². The zero-order valence-corrected chi connectivity index (χ0v) is 32.3. The molecule has 0 amide bonds. The average molecular weight is 781 g/mol. The van der Waals surface area contributed by atoms with Gasteiger partial charge < -0.3 is 28.4 Å². The molecule has 0 aromatic heterocycles. The van der Waals surface area contributed by atoms with Gasteiger partial charge in [0.25, 0.3) is 0 Å². The molecule has 0 saturated heterocycles. The number of ether oxygens (including phenoxy) is 6. The van der Waals surface area contributed by atoms with E-state index in [1.807, 2.05) is 0 Å². The average Bonchev–Trinajstić information content (AvgIpc) is 3.49. The third kappa shape index (κ3) is 15.4. The SMILES string of the molecule is CCCCOc1ccc(C(=O)Oc2ccc(OC(=O)CCCCCCCC(=O)Oc3ccc(OC(=O)c4ccc(OCCCC)cc4)ccc3=O)c(=O)cc2)cc1. The van der Waals surface area contributed by atoms with E-state index in [4.69, 9.17) is 28.4 Å². The van der Waals surface area contributed by atoms with Crippen molar-refractivity contribution in [3.8, 4) is 34.5 Å². The third-order valence-corrected chi connectivity index (χ3v) is 8.43. The van der Waals surface area contributed by atoms with E-state index >= 15 is 0 Å². The van der Waals surface area contributed by atoms with Gasteiger partial charge in [-0.05, 0) is 123 Å². The lowest BCUT2D eigenvalue weighted by atomic mass is 10.1. The first kappa shape index (κ1) is 43.4. The molecule has 300 valence electrons. The summed E-state index contributed by atoms with van der Waals surface area (Å²) in [7, 11) is 0. The monoisotopic (exact) mass is 780 g/mol. The van der Waals surface area contributed by atoms with Gasteiger partial charge in [0.1, 0.15) is 23.0 Å². The summed E-state index contributed by atoms with van der Waals surface area (Å²) in [4.78, 5) is 75.1. The number of carbonyl (C=O) groups excluding carboxylic acids is 4. The minimum atomic E-state index is -0.617. The molecule has 0 aliphatic heterocycles. The van der Waals surface area contributed by atoms with Crippen molar-refractivity contribution in [3.05, 3.63) is 129 Å². The predicted molar refractivity (Wildman–Crippen MR) is 213 cm³/mol. The molecule has 57 heavy (non-hydrogen) atoms. The fourth-order valence-electron chi connectivity index (χ4n) is 5.17. The molecule has 0 saturated carbocycles. The van der Waals surface area contributed by atoms with E-state index < -0.39 is 34.7 Å². The Morgan fingerprint density at radius 3 is 1.14 bits per heavy atom. The molecular weight excluding hydrogens is 732 g/mol. The summed E-state index contributed by atoms with van der Waals surface area (Å²) >= 11 is 0. The normalized spacial score (nSPS) is 10.6. The van der Waals surface area contributed by atoms with Gasteiger partial charge in [0.15, 0.2) is 11.5 Å². The van der Waals surface area contributed by atoms with Crippen LogP contribution in [0.2, 0.25) is 0 Å². The smallest absolute Gasteiger partial charge is 0.343 e. The fraction of sp³-hybridized carbons (Fsp3) is 0.333. The third-order valence-electron chi connectivity index (χ3n) is 8.43. The number of hydrogen-bond acceptors (Lipinski definition) is 12. The summed E-state index contributed by atoms with van der Waals surface area (Å²) in [6.45, 7) is 5.32. The molecule has 4 aromatic carbocycles. The Balaban J connectivity index is 1.12. The molecule has 0 radical (unpaired) electrons. The fourth-order valence-corrected chi connectivity index (χ4v) is 5.17. The quantitative estimate of drug-likeness (QED) is 0.0554. The second kappa shape index (κ2) is 23.6. The maximum Gasteiger partial charge on any atom is 0.343 e. The zero-order chi connectivity index (χ0) is 40.8. The number of esters is 4. The van der Waals surface area contributed by atoms with E-state index in [1.54, 1.807) is 48.5 Å². The largest absolute Gasteiger partial charge is 0.494 e. The Morgan fingerprint density at radius 1 is 0.404 bits per heavy atom. The van der Waals surface area contributed by atoms with Crippen LogP contribution in [-0.4, -0.2) is 37.1 Å². The van der Waals surface area contributed by atoms with E-state index in [0.29, 0.717) is 61.5 Å². The molecule has 0 aliphatic rings. The highest BCUT2D eigenvalue weighted by Crippen LogP contribution is 2.19. The van der Waals surface area contributed by atoms with Gasteiger partial charge in [-0.15, -0.1) is 0 Å². The lowest BCUT2D eigenvalue weighted by molar-refractivity contribution is -0.135. The lowest BCUT2D eigenvalue weighted by Crippen LogP contribution is -2.13. The molecule has 0 aliphatic carbocycles. The van der Waals surface area contributed by atoms with Crippen LogP contribution in [0.5, 0.6) is 34.5 Å². The van der Waals surface area contributed by atoms with E-state index in [-0.39, 0.29) is 35.8 Å². The highest BCUT2D eigenvalue weighted by molar-refractivity contribution is 5.91. The Labute approximate surface area is 331 Å². The summed E-state index contributed by atoms with van der Waals surface area (Å²) in [6.07, 6.45) is 7.15. The van der Waals surface area contributed by atoms with Gasteiger partial charge in [-0.25, -0.2) is 9.59 Å². The van der Waals surface area contributed by atoms with Crippen LogP contribution in [0.4, 0.5) is 0 Å². The number of unbranched alkanes of at least 4 members (excludes halogenated alkanes) is 6. The number of rotatable bonds is 22. The van der Waals surface area contributed by atoms with Crippen LogP contribution in [0.15, 0.2) is 107 Å². The van der Waals surface area contributed by atoms with Crippen molar-refractivity contribution in [3.63, 3.8) is 0 Å². The van der Waals surface area contributed by atoms with Crippen LogP contribution in [-0.2, 0) is 9.59 Å². The van der Waals surface area contributed by atoms with Crippen LogP contribution in [0.25, 0.3) is 0 Å². The molecule has 0 heterocycles. The molecule has 12 nitrogen and oxygen atoms in total. The molecule has 0 unspecified atom stereocenters. The molecule has 12 heteroatoms. The highest BCUT2D eigenvalue weighted by Gasteiger charge is 2.13. The molecule has 4 aromatic rings. The van der Waals surface area contributed by atoms with Gasteiger partial charge >= 0.3 is 23.9 Å². The highest BCUT2D eigenvalue weighted by atomic mass is 16.6. The summed E-state index contributed by atoms with van der Waals surface area (Å²) in [6, 6.07) is 23.4. The van der Waals surface area contributed by atoms with E-state index in [0.717, 1.165) is 44.2 Å². The second-order valence-corrected chi connectivity index (χ2v) is 13.0. The van der Waals surface area contributed by atoms with Crippen molar-refractivity contribution >= 4 is 23.9 Å². The maximum absolute atomic E-state index is 12.6. The molecule has 4 rings (SSSR count). The summed E-state index contributed by atoms with van der Waals surface area (Å²) in [5.41, 5.74) is -0.481. The Morgan fingerprint density at radius 2 is 0.754 bits per heavy atom. The first-order chi connectivity index (χ1) is 27.6. The first-order valence-corrected chi connectivity index (χ1v) is 19.3. The van der Waals surface area contributed by atoms with Crippen molar-refractivity contribution < 1.29 is 47.6 Å². The molecule has 0 fully saturated rings.